The molecule has 0 aliphatic carbocycles. The van der Waals surface area contributed by atoms with Crippen LogP contribution in [0.15, 0.2) is 53.7 Å². The Morgan fingerprint density at radius 2 is 1.97 bits per heavy atom. The molecule has 9 nitrogen and oxygen atoms in total. The Balaban J connectivity index is 1.69. The molecule has 1 amide bonds. The highest BCUT2D eigenvalue weighted by Crippen LogP contribution is 2.26. The Hall–Kier alpha value is -3.40. The number of hydrogen-bond acceptors (Lipinski definition) is 7. The van der Waals surface area contributed by atoms with Crippen molar-refractivity contribution < 1.29 is 9.72 Å². The molecule has 0 atom stereocenters. The van der Waals surface area contributed by atoms with Crippen LogP contribution >= 0.6 is 11.8 Å². The summed E-state index contributed by atoms with van der Waals surface area (Å²) in [6, 6.07) is 13.9. The van der Waals surface area contributed by atoms with E-state index in [2.05, 4.69) is 15.5 Å². The van der Waals surface area contributed by atoms with Gasteiger partial charge in [-0.15, -0.1) is 10.2 Å². The van der Waals surface area contributed by atoms with Crippen molar-refractivity contribution in [2.24, 2.45) is 7.05 Å². The van der Waals surface area contributed by atoms with E-state index in [0.29, 0.717) is 11.0 Å². The second kappa shape index (κ2) is 8.74. The van der Waals surface area contributed by atoms with Crippen LogP contribution in [0.2, 0.25) is 0 Å². The van der Waals surface area contributed by atoms with Gasteiger partial charge in [-0.05, 0) is 18.2 Å². The number of anilines is 2. The van der Waals surface area contributed by atoms with Gasteiger partial charge in [0, 0.05) is 38.5 Å². The number of carbonyl (C=O) groups is 1. The first-order valence-electron chi connectivity index (χ1n) is 8.70. The smallest absolute Gasteiger partial charge is 0.292 e. The van der Waals surface area contributed by atoms with Crippen LogP contribution in [-0.4, -0.2) is 45.4 Å². The van der Waals surface area contributed by atoms with Gasteiger partial charge in [0.2, 0.25) is 5.91 Å². The number of nitrogens with zero attached hydrogens (tertiary/aromatic N) is 5. The highest BCUT2D eigenvalue weighted by atomic mass is 32.2. The van der Waals surface area contributed by atoms with Gasteiger partial charge < -0.3 is 14.8 Å². The lowest BCUT2D eigenvalue weighted by Crippen LogP contribution is -2.15. The van der Waals surface area contributed by atoms with Crippen LogP contribution in [0, 0.1) is 10.1 Å². The van der Waals surface area contributed by atoms with E-state index in [4.69, 9.17) is 0 Å². The van der Waals surface area contributed by atoms with E-state index < -0.39 is 4.92 Å². The van der Waals surface area contributed by atoms with Gasteiger partial charge in [0.1, 0.15) is 5.69 Å². The molecule has 3 aromatic rings. The maximum atomic E-state index is 12.3. The lowest BCUT2D eigenvalue weighted by atomic mass is 10.2. The molecule has 0 aliphatic heterocycles. The Morgan fingerprint density at radius 3 is 2.69 bits per heavy atom. The van der Waals surface area contributed by atoms with Gasteiger partial charge in [0.15, 0.2) is 11.0 Å². The van der Waals surface area contributed by atoms with Gasteiger partial charge in [-0.1, -0.05) is 36.0 Å². The molecule has 3 rings (SSSR count). The van der Waals surface area contributed by atoms with Crippen molar-refractivity contribution in [1.82, 2.24) is 14.8 Å². The number of rotatable bonds is 7. The Bertz CT molecular complexity index is 1050. The number of nitro benzene ring substituents is 1. The number of aromatic nitrogens is 3. The van der Waals surface area contributed by atoms with E-state index in [1.54, 1.807) is 12.1 Å². The highest BCUT2D eigenvalue weighted by molar-refractivity contribution is 7.99. The molecule has 0 radical (unpaired) electrons. The van der Waals surface area contributed by atoms with Crippen LogP contribution in [0.4, 0.5) is 17.1 Å². The fourth-order valence-electron chi connectivity index (χ4n) is 2.67. The number of amides is 1. The maximum Gasteiger partial charge on any atom is 0.292 e. The van der Waals surface area contributed by atoms with Gasteiger partial charge in [-0.2, -0.15) is 0 Å². The van der Waals surface area contributed by atoms with E-state index in [1.807, 2.05) is 54.9 Å². The lowest BCUT2D eigenvalue weighted by Gasteiger charge is -2.13. The minimum absolute atomic E-state index is 0.0513. The van der Waals surface area contributed by atoms with E-state index in [1.165, 1.54) is 23.9 Å². The molecule has 0 unspecified atom stereocenters. The molecule has 0 saturated carbocycles. The quantitative estimate of drug-likeness (QED) is 0.361. The second-order valence-corrected chi connectivity index (χ2v) is 7.36. The Morgan fingerprint density at radius 1 is 1.21 bits per heavy atom. The zero-order valence-corrected chi connectivity index (χ0v) is 17.0. The first-order chi connectivity index (χ1) is 13.9. The van der Waals surface area contributed by atoms with Gasteiger partial charge in [-0.25, -0.2) is 0 Å². The number of nitro groups is 1. The van der Waals surface area contributed by atoms with Crippen LogP contribution < -0.4 is 10.2 Å². The molecule has 0 spiro atoms. The summed E-state index contributed by atoms with van der Waals surface area (Å²) in [6.45, 7) is 0. The fourth-order valence-corrected chi connectivity index (χ4v) is 3.38. The van der Waals surface area contributed by atoms with E-state index in [-0.39, 0.29) is 23.0 Å². The summed E-state index contributed by atoms with van der Waals surface area (Å²) in [5.74, 6) is 0.384. The first kappa shape index (κ1) is 20.3. The molecular weight excluding hydrogens is 392 g/mol. The summed E-state index contributed by atoms with van der Waals surface area (Å²) in [5, 5.41) is 22.6. The summed E-state index contributed by atoms with van der Waals surface area (Å²) in [4.78, 5) is 24.8. The lowest BCUT2D eigenvalue weighted by molar-refractivity contribution is -0.383. The molecule has 0 saturated heterocycles. The number of para-hydroxylation sites is 2. The van der Waals surface area contributed by atoms with E-state index in [0.717, 1.165) is 11.3 Å². The zero-order valence-electron chi connectivity index (χ0n) is 16.2. The summed E-state index contributed by atoms with van der Waals surface area (Å²) in [5.41, 5.74) is 1.99. The first-order valence-corrected chi connectivity index (χ1v) is 9.68. The third-order valence-electron chi connectivity index (χ3n) is 4.16. The van der Waals surface area contributed by atoms with Gasteiger partial charge in [-0.3, -0.25) is 14.9 Å². The van der Waals surface area contributed by atoms with Crippen molar-refractivity contribution in [2.45, 2.75) is 5.16 Å². The Labute approximate surface area is 171 Å². The van der Waals surface area contributed by atoms with Crippen molar-refractivity contribution in [3.63, 3.8) is 0 Å². The molecule has 29 heavy (non-hydrogen) atoms. The van der Waals surface area contributed by atoms with Crippen molar-refractivity contribution in [2.75, 3.05) is 30.1 Å². The molecule has 0 aliphatic rings. The number of thioether (sulfide) groups is 1. The van der Waals surface area contributed by atoms with Crippen LogP contribution in [0.3, 0.4) is 0 Å². The standard InChI is InChI=1S/C19H20N6O3S/c1-23(2)14-8-6-7-13(11-14)18-21-22-19(24(18)3)29-12-17(26)20-15-9-4-5-10-16(15)25(27)28/h4-11H,12H2,1-3H3,(H,20,26). The number of nitrogens with one attached hydrogen (secondary N) is 1. The third kappa shape index (κ3) is 4.72. The number of hydrogen-bond donors (Lipinski definition) is 1. The SMILES string of the molecule is CN(C)c1cccc(-c2nnc(SCC(=O)Nc3ccccc3[N+](=O)[O-])n2C)c1. The largest absolute Gasteiger partial charge is 0.378 e. The van der Waals surface area contributed by atoms with Crippen molar-refractivity contribution in [3.8, 4) is 11.4 Å². The zero-order chi connectivity index (χ0) is 21.0. The molecule has 0 bridgehead atoms. The predicted octanol–water partition coefficient (Wildman–Crippen LogP) is 3.19. The minimum atomic E-state index is -0.528. The summed E-state index contributed by atoms with van der Waals surface area (Å²) < 4.78 is 1.82. The number of benzene rings is 2. The monoisotopic (exact) mass is 412 g/mol. The van der Waals surface area contributed by atoms with Gasteiger partial charge >= 0.3 is 0 Å². The minimum Gasteiger partial charge on any atom is -0.378 e. The van der Waals surface area contributed by atoms with Crippen molar-refractivity contribution in [1.29, 1.82) is 0 Å². The average Bonchev–Trinajstić information content (AvgIpc) is 3.07. The molecule has 1 aromatic heterocycles. The van der Waals surface area contributed by atoms with Crippen molar-refractivity contribution in [3.05, 3.63) is 58.6 Å². The fraction of sp³-hybridized carbons (Fsp3) is 0.211. The Kier molecular flexibility index (Phi) is 6.13. The van der Waals surface area contributed by atoms with Gasteiger partial charge in [0.05, 0.1) is 10.7 Å². The van der Waals surface area contributed by atoms with Crippen LogP contribution in [0.5, 0.6) is 0 Å². The number of carbonyl (C=O) groups excluding carboxylic acids is 1. The topological polar surface area (TPSA) is 106 Å². The molecule has 1 heterocycles. The molecule has 2 aromatic carbocycles. The van der Waals surface area contributed by atoms with Crippen LogP contribution in [-0.2, 0) is 11.8 Å². The average molecular weight is 412 g/mol. The van der Waals surface area contributed by atoms with Crippen LogP contribution in [0.1, 0.15) is 0 Å². The molecule has 150 valence electrons. The van der Waals surface area contributed by atoms with Crippen LogP contribution in [0.25, 0.3) is 11.4 Å². The molecular formula is C19H20N6O3S. The molecule has 10 heteroatoms. The predicted molar refractivity (Wildman–Crippen MR) is 113 cm³/mol. The summed E-state index contributed by atoms with van der Waals surface area (Å²) in [7, 11) is 5.76. The summed E-state index contributed by atoms with van der Waals surface area (Å²) >= 11 is 1.21. The van der Waals surface area contributed by atoms with E-state index >= 15 is 0 Å². The maximum absolute atomic E-state index is 12.3. The molecule has 0 fully saturated rings. The highest BCUT2D eigenvalue weighted by Gasteiger charge is 2.17. The summed E-state index contributed by atoms with van der Waals surface area (Å²) in [6.07, 6.45) is 0. The van der Waals surface area contributed by atoms with Gasteiger partial charge in [0.25, 0.3) is 5.69 Å². The van der Waals surface area contributed by atoms with Crippen molar-refractivity contribution >= 4 is 34.7 Å². The molecule has 1 N–H and O–H groups in total. The second-order valence-electron chi connectivity index (χ2n) is 6.42. The third-order valence-corrected chi connectivity index (χ3v) is 5.18. The van der Waals surface area contributed by atoms with E-state index in [9.17, 15) is 14.9 Å². The normalized spacial score (nSPS) is 10.6.